The summed E-state index contributed by atoms with van der Waals surface area (Å²) in [5.74, 6) is 0.802. The molecule has 0 spiro atoms. The van der Waals surface area contributed by atoms with E-state index >= 15 is 0 Å². The minimum absolute atomic E-state index is 0.0684. The van der Waals surface area contributed by atoms with Gasteiger partial charge in [0.1, 0.15) is 11.5 Å². The summed E-state index contributed by atoms with van der Waals surface area (Å²) in [4.78, 5) is 36.6. The third-order valence-corrected chi connectivity index (χ3v) is 4.50. The van der Waals surface area contributed by atoms with E-state index in [4.69, 9.17) is 0 Å². The van der Waals surface area contributed by atoms with Crippen molar-refractivity contribution in [1.82, 2.24) is 19.9 Å². The van der Waals surface area contributed by atoms with Crippen molar-refractivity contribution in [3.63, 3.8) is 0 Å². The fourth-order valence-corrected chi connectivity index (χ4v) is 2.97. The lowest BCUT2D eigenvalue weighted by atomic mass is 10.1. The Balaban J connectivity index is 0.000000137. The van der Waals surface area contributed by atoms with E-state index in [1.165, 1.54) is 11.6 Å². The highest BCUT2D eigenvalue weighted by molar-refractivity contribution is 5.92. The van der Waals surface area contributed by atoms with Crippen LogP contribution >= 0.6 is 0 Å². The molecule has 0 unspecified atom stereocenters. The van der Waals surface area contributed by atoms with Gasteiger partial charge in [-0.1, -0.05) is 12.1 Å². The summed E-state index contributed by atoms with van der Waals surface area (Å²) in [5.41, 5.74) is 5.13. The van der Waals surface area contributed by atoms with Crippen molar-refractivity contribution in [3.05, 3.63) is 93.8 Å². The Morgan fingerprint density at radius 3 is 2.32 bits per heavy atom. The predicted octanol–water partition coefficient (Wildman–Crippen LogP) is 3.90. The zero-order chi connectivity index (χ0) is 22.2. The standard InChI is InChI=1S/C9H10N2O.C9H8N2O.C6H7N/c2*1-6-4-7-2-3-8(12)11-9(7)10-5-6;1-6-3-2-4-7-5-6/h4-5H,2-3H2,1H3,(H,10,11,12);2-5H,1H3,(H,10,11,12);2-5H,1H3. The number of carbonyl (C=O) groups excluding carboxylic acids is 1. The molecule has 31 heavy (non-hydrogen) atoms. The number of amides is 1. The van der Waals surface area contributed by atoms with E-state index < -0.39 is 0 Å². The van der Waals surface area contributed by atoms with Crippen LogP contribution in [-0.2, 0) is 11.2 Å². The molecule has 0 saturated heterocycles. The fraction of sp³-hybridized carbons (Fsp3) is 0.208. The van der Waals surface area contributed by atoms with Gasteiger partial charge in [-0.2, -0.15) is 0 Å². The second-order valence-electron chi connectivity index (χ2n) is 7.37. The number of pyridine rings is 4. The molecule has 4 aromatic heterocycles. The molecular weight excluding hydrogens is 390 g/mol. The number of aromatic nitrogens is 4. The number of rotatable bonds is 0. The molecule has 7 nitrogen and oxygen atoms in total. The second kappa shape index (κ2) is 10.2. The zero-order valence-corrected chi connectivity index (χ0v) is 17.8. The van der Waals surface area contributed by atoms with Crippen LogP contribution in [0.2, 0.25) is 0 Å². The van der Waals surface area contributed by atoms with E-state index in [-0.39, 0.29) is 11.5 Å². The molecule has 0 fully saturated rings. The smallest absolute Gasteiger partial charge is 0.249 e. The Labute approximate surface area is 180 Å². The van der Waals surface area contributed by atoms with E-state index in [1.54, 1.807) is 24.7 Å². The first-order valence-corrected chi connectivity index (χ1v) is 9.98. The number of hydrogen-bond acceptors (Lipinski definition) is 5. The Morgan fingerprint density at radius 1 is 0.839 bits per heavy atom. The van der Waals surface area contributed by atoms with Gasteiger partial charge in [-0.05, 0) is 67.6 Å². The van der Waals surface area contributed by atoms with Gasteiger partial charge < -0.3 is 10.3 Å². The van der Waals surface area contributed by atoms with Crippen molar-refractivity contribution in [2.45, 2.75) is 33.6 Å². The largest absolute Gasteiger partial charge is 0.310 e. The van der Waals surface area contributed by atoms with Crippen LogP contribution in [0.5, 0.6) is 0 Å². The SMILES string of the molecule is Cc1cccnc1.Cc1cnc2[nH]c(=O)ccc2c1.Cc1cnc2c(c1)CCC(=O)N2. The van der Waals surface area contributed by atoms with Crippen LogP contribution in [0.25, 0.3) is 11.0 Å². The topological polar surface area (TPSA) is 101 Å². The Hall–Kier alpha value is -3.87. The third-order valence-electron chi connectivity index (χ3n) is 4.50. The lowest BCUT2D eigenvalue weighted by Gasteiger charge is -2.15. The number of anilines is 1. The summed E-state index contributed by atoms with van der Waals surface area (Å²) in [7, 11) is 0. The predicted molar refractivity (Wildman–Crippen MR) is 122 cm³/mol. The molecule has 1 aliphatic heterocycles. The van der Waals surface area contributed by atoms with Gasteiger partial charge in [-0.25, -0.2) is 9.97 Å². The fourth-order valence-electron chi connectivity index (χ4n) is 2.97. The van der Waals surface area contributed by atoms with Crippen LogP contribution in [0.4, 0.5) is 5.82 Å². The van der Waals surface area contributed by atoms with E-state index in [9.17, 15) is 9.59 Å². The Bertz CT molecular complexity index is 1240. The van der Waals surface area contributed by atoms with Crippen molar-refractivity contribution in [1.29, 1.82) is 0 Å². The maximum atomic E-state index is 11.0. The first-order valence-electron chi connectivity index (χ1n) is 9.98. The zero-order valence-electron chi connectivity index (χ0n) is 17.8. The summed E-state index contributed by atoms with van der Waals surface area (Å²) >= 11 is 0. The molecule has 4 aromatic rings. The summed E-state index contributed by atoms with van der Waals surface area (Å²) in [5, 5.41) is 3.70. The third kappa shape index (κ3) is 6.57. The first-order chi connectivity index (χ1) is 14.9. The molecule has 5 rings (SSSR count). The second-order valence-corrected chi connectivity index (χ2v) is 7.37. The van der Waals surface area contributed by atoms with Gasteiger partial charge >= 0.3 is 0 Å². The molecule has 5 heterocycles. The molecule has 0 saturated carbocycles. The van der Waals surface area contributed by atoms with Gasteiger partial charge in [0.25, 0.3) is 0 Å². The first kappa shape index (κ1) is 21.8. The van der Waals surface area contributed by atoms with E-state index in [1.807, 2.05) is 45.2 Å². The number of nitrogens with zero attached hydrogens (tertiary/aromatic N) is 3. The molecular formula is C24H25N5O2. The van der Waals surface area contributed by atoms with Crippen LogP contribution in [0, 0.1) is 20.8 Å². The van der Waals surface area contributed by atoms with E-state index in [2.05, 4.69) is 31.3 Å². The molecule has 1 amide bonds. The van der Waals surface area contributed by atoms with Gasteiger partial charge in [0.05, 0.1) is 0 Å². The number of aromatic amines is 1. The minimum atomic E-state index is -0.112. The molecule has 1 aliphatic rings. The quantitative estimate of drug-likeness (QED) is 0.454. The molecule has 158 valence electrons. The highest BCUT2D eigenvalue weighted by atomic mass is 16.1. The normalized spacial score (nSPS) is 11.9. The molecule has 0 aromatic carbocycles. The molecule has 0 radical (unpaired) electrons. The van der Waals surface area contributed by atoms with Crippen molar-refractivity contribution in [2.75, 3.05) is 5.32 Å². The van der Waals surface area contributed by atoms with Crippen LogP contribution in [0.1, 0.15) is 28.7 Å². The maximum Gasteiger partial charge on any atom is 0.249 e. The van der Waals surface area contributed by atoms with Crippen LogP contribution in [0.15, 0.2) is 66.0 Å². The van der Waals surface area contributed by atoms with Gasteiger partial charge in [-0.3, -0.25) is 14.6 Å². The van der Waals surface area contributed by atoms with Gasteiger partial charge in [0, 0.05) is 42.7 Å². The summed E-state index contributed by atoms with van der Waals surface area (Å²) < 4.78 is 0. The number of carbonyl (C=O) groups is 1. The Kier molecular flexibility index (Phi) is 7.22. The summed E-state index contributed by atoms with van der Waals surface area (Å²) in [6.45, 7) is 5.99. The van der Waals surface area contributed by atoms with Crippen molar-refractivity contribution in [2.24, 2.45) is 0 Å². The number of fused-ring (bicyclic) bond motifs is 2. The lowest BCUT2D eigenvalue weighted by Crippen LogP contribution is -2.20. The number of H-pyrrole nitrogens is 1. The van der Waals surface area contributed by atoms with Crippen molar-refractivity contribution < 1.29 is 4.79 Å². The average Bonchev–Trinajstić information content (AvgIpc) is 2.76. The highest BCUT2D eigenvalue weighted by Gasteiger charge is 2.14. The van der Waals surface area contributed by atoms with Crippen molar-refractivity contribution >= 4 is 22.8 Å². The van der Waals surface area contributed by atoms with Crippen LogP contribution < -0.4 is 10.9 Å². The van der Waals surface area contributed by atoms with E-state index in [0.29, 0.717) is 12.1 Å². The molecule has 2 N–H and O–H groups in total. The molecule has 0 atom stereocenters. The molecule has 0 bridgehead atoms. The highest BCUT2D eigenvalue weighted by Crippen LogP contribution is 2.20. The number of hydrogen-bond donors (Lipinski definition) is 2. The monoisotopic (exact) mass is 415 g/mol. The van der Waals surface area contributed by atoms with Gasteiger partial charge in [0.2, 0.25) is 11.5 Å². The number of aryl methyl sites for hydroxylation is 4. The van der Waals surface area contributed by atoms with Crippen LogP contribution in [0.3, 0.4) is 0 Å². The van der Waals surface area contributed by atoms with Crippen LogP contribution in [-0.4, -0.2) is 25.8 Å². The van der Waals surface area contributed by atoms with Crippen molar-refractivity contribution in [3.8, 4) is 0 Å². The van der Waals surface area contributed by atoms with E-state index in [0.717, 1.165) is 34.3 Å². The number of nitrogens with one attached hydrogen (secondary N) is 2. The lowest BCUT2D eigenvalue weighted by molar-refractivity contribution is -0.116. The average molecular weight is 415 g/mol. The maximum absolute atomic E-state index is 11.0. The van der Waals surface area contributed by atoms with Gasteiger partial charge in [0.15, 0.2) is 0 Å². The summed E-state index contributed by atoms with van der Waals surface area (Å²) in [6.07, 6.45) is 8.50. The summed E-state index contributed by atoms with van der Waals surface area (Å²) in [6, 6.07) is 11.3. The van der Waals surface area contributed by atoms with Gasteiger partial charge in [-0.15, -0.1) is 0 Å². The Morgan fingerprint density at radius 2 is 1.61 bits per heavy atom. The molecule has 0 aliphatic carbocycles. The minimum Gasteiger partial charge on any atom is -0.310 e. The molecule has 7 heteroatoms.